The summed E-state index contributed by atoms with van der Waals surface area (Å²) in [5.74, 6) is 0. The second-order valence-electron chi connectivity index (χ2n) is 11.2. The van der Waals surface area contributed by atoms with Crippen LogP contribution in [0, 0.1) is 0 Å². The molecule has 0 fully saturated rings. The van der Waals surface area contributed by atoms with Crippen molar-refractivity contribution in [2.24, 2.45) is 0 Å². The SMILES string of the molecule is CC(C)=CCCCC[Si](C)(C1c2ccccc2-c2ccccc21)C1c2ccccc2-c2ccccc21.[Ti]. The minimum absolute atomic E-state index is 0. The van der Waals surface area contributed by atoms with Crippen molar-refractivity contribution in [1.29, 1.82) is 0 Å². The summed E-state index contributed by atoms with van der Waals surface area (Å²) in [4.78, 5) is 0. The minimum Gasteiger partial charge on any atom is -0.0859 e. The molecule has 4 aromatic rings. The Morgan fingerprint density at radius 2 is 0.946 bits per heavy atom. The quantitative estimate of drug-likeness (QED) is 0.126. The number of hydrogen-bond donors (Lipinski definition) is 0. The zero-order valence-corrected chi connectivity index (χ0v) is 24.9. The molecule has 0 spiro atoms. The molecule has 0 saturated carbocycles. The molecule has 0 N–H and O–H groups in total. The molecule has 0 heterocycles. The standard InChI is InChI=1S/C35H36Si.Ti/c1-25(2)15-5-4-14-24-36(3,34-30-20-10-6-16-26(30)27-17-7-11-21-31(27)34)35-32-22-12-8-18-28(32)29-19-9-13-23-33(29)35;/h6-13,15-23,34-35H,4-5,14,24H2,1-3H3;. The van der Waals surface area contributed by atoms with E-state index in [1.807, 2.05) is 0 Å². The normalized spacial score (nSPS) is 13.8. The second kappa shape index (κ2) is 10.7. The van der Waals surface area contributed by atoms with E-state index in [1.54, 1.807) is 22.3 Å². The summed E-state index contributed by atoms with van der Waals surface area (Å²) in [5.41, 5.74) is 14.6. The molecule has 0 aromatic heterocycles. The van der Waals surface area contributed by atoms with Gasteiger partial charge in [0.1, 0.15) is 0 Å². The zero-order chi connectivity index (χ0) is 24.7. The van der Waals surface area contributed by atoms with Crippen LogP contribution in [0.4, 0.5) is 0 Å². The van der Waals surface area contributed by atoms with Crippen LogP contribution in [-0.4, -0.2) is 8.07 Å². The topological polar surface area (TPSA) is 0 Å². The molecule has 0 saturated heterocycles. The van der Waals surface area contributed by atoms with Crippen molar-refractivity contribution >= 4 is 8.07 Å². The monoisotopic (exact) mass is 532 g/mol. The van der Waals surface area contributed by atoms with Crippen LogP contribution in [0.3, 0.4) is 0 Å². The first-order chi connectivity index (χ1) is 17.6. The van der Waals surface area contributed by atoms with E-state index in [0.717, 1.165) is 0 Å². The Morgan fingerprint density at radius 1 is 0.595 bits per heavy atom. The summed E-state index contributed by atoms with van der Waals surface area (Å²) in [7, 11) is -1.99. The summed E-state index contributed by atoms with van der Waals surface area (Å²) in [6.07, 6.45) is 6.19. The van der Waals surface area contributed by atoms with Crippen LogP contribution in [0.15, 0.2) is 109 Å². The summed E-state index contributed by atoms with van der Waals surface area (Å²) >= 11 is 0. The average Bonchev–Trinajstić information content (AvgIpc) is 3.42. The molecule has 4 aromatic carbocycles. The fraction of sp³-hybridized carbons (Fsp3) is 0.257. The molecule has 2 aliphatic rings. The van der Waals surface area contributed by atoms with Gasteiger partial charge in [-0.1, -0.05) is 134 Å². The Hall–Kier alpha value is -2.45. The predicted octanol–water partition coefficient (Wildman–Crippen LogP) is 9.90. The van der Waals surface area contributed by atoms with E-state index in [2.05, 4.69) is 124 Å². The Morgan fingerprint density at radius 3 is 1.30 bits per heavy atom. The summed E-state index contributed by atoms with van der Waals surface area (Å²) in [6.45, 7) is 7.18. The van der Waals surface area contributed by atoms with Crippen molar-refractivity contribution < 1.29 is 21.7 Å². The maximum absolute atomic E-state index is 2.74. The van der Waals surface area contributed by atoms with Gasteiger partial charge < -0.3 is 0 Å². The Balaban J connectivity index is 0.00000280. The maximum atomic E-state index is 2.74. The molecule has 2 aliphatic carbocycles. The van der Waals surface area contributed by atoms with Crippen molar-refractivity contribution in [1.82, 2.24) is 0 Å². The van der Waals surface area contributed by atoms with Crippen LogP contribution >= 0.6 is 0 Å². The van der Waals surface area contributed by atoms with Crippen molar-refractivity contribution in [3.05, 3.63) is 131 Å². The van der Waals surface area contributed by atoms with E-state index in [1.165, 1.54) is 53.1 Å². The fourth-order valence-corrected chi connectivity index (χ4v) is 13.0. The molecule has 6 rings (SSSR count). The third-order valence-electron chi connectivity index (χ3n) is 8.71. The number of benzene rings is 4. The van der Waals surface area contributed by atoms with Crippen molar-refractivity contribution in [2.45, 2.75) is 56.8 Å². The van der Waals surface area contributed by atoms with Crippen molar-refractivity contribution in [3.63, 3.8) is 0 Å². The predicted molar refractivity (Wildman–Crippen MR) is 157 cm³/mol. The molecule has 0 unspecified atom stereocenters. The van der Waals surface area contributed by atoms with Gasteiger partial charge in [-0.05, 0) is 64.8 Å². The van der Waals surface area contributed by atoms with E-state index in [0.29, 0.717) is 11.1 Å². The Bertz CT molecular complexity index is 1260. The van der Waals surface area contributed by atoms with E-state index in [4.69, 9.17) is 0 Å². The largest absolute Gasteiger partial charge is 0.0859 e. The van der Waals surface area contributed by atoms with Crippen molar-refractivity contribution in [3.8, 4) is 22.3 Å². The zero-order valence-electron chi connectivity index (χ0n) is 22.3. The average molecular weight is 533 g/mol. The van der Waals surface area contributed by atoms with Gasteiger partial charge in [-0.25, -0.2) is 0 Å². The number of unbranched alkanes of at least 4 members (excludes halogenated alkanes) is 2. The molecular formula is C35H36SiTi. The fourth-order valence-electron chi connectivity index (χ4n) is 7.23. The summed E-state index contributed by atoms with van der Waals surface area (Å²) in [6, 6.07) is 38.4. The number of fused-ring (bicyclic) bond motifs is 6. The Kier molecular flexibility index (Phi) is 7.59. The first-order valence-electron chi connectivity index (χ1n) is 13.6. The van der Waals surface area contributed by atoms with Crippen LogP contribution in [0.5, 0.6) is 0 Å². The third kappa shape index (κ3) is 4.46. The molecule has 37 heavy (non-hydrogen) atoms. The van der Waals surface area contributed by atoms with Gasteiger partial charge in [-0.15, -0.1) is 0 Å². The van der Waals surface area contributed by atoms with Gasteiger partial charge in [0.05, 0.1) is 8.07 Å². The number of hydrogen-bond acceptors (Lipinski definition) is 0. The molecule has 0 amide bonds. The molecule has 184 valence electrons. The first-order valence-corrected chi connectivity index (χ1v) is 16.5. The van der Waals surface area contributed by atoms with Gasteiger partial charge in [0.2, 0.25) is 0 Å². The molecular weight excluding hydrogens is 496 g/mol. The van der Waals surface area contributed by atoms with Crippen molar-refractivity contribution in [2.75, 3.05) is 0 Å². The number of allylic oxidation sites excluding steroid dienone is 2. The molecule has 0 atom stereocenters. The third-order valence-corrected chi connectivity index (χ3v) is 14.0. The molecule has 0 nitrogen and oxygen atoms in total. The smallest absolute Gasteiger partial charge is 0.0761 e. The van der Waals surface area contributed by atoms with Gasteiger partial charge in [-0.3, -0.25) is 0 Å². The molecule has 2 heteroatoms. The van der Waals surface area contributed by atoms with Crippen LogP contribution < -0.4 is 0 Å². The van der Waals surface area contributed by atoms with Crippen LogP contribution in [0.2, 0.25) is 12.6 Å². The van der Waals surface area contributed by atoms with E-state index < -0.39 is 8.07 Å². The van der Waals surface area contributed by atoms with Gasteiger partial charge in [-0.2, -0.15) is 0 Å². The first kappa shape index (κ1) is 26.2. The van der Waals surface area contributed by atoms with E-state index in [9.17, 15) is 0 Å². The molecule has 0 aliphatic heterocycles. The van der Waals surface area contributed by atoms with E-state index in [-0.39, 0.29) is 21.7 Å². The summed E-state index contributed by atoms with van der Waals surface area (Å²) < 4.78 is 0. The number of rotatable bonds is 7. The van der Waals surface area contributed by atoms with Gasteiger partial charge in [0, 0.05) is 32.8 Å². The second-order valence-corrected chi connectivity index (χ2v) is 15.9. The van der Waals surface area contributed by atoms with Crippen LogP contribution in [0.25, 0.3) is 22.3 Å². The van der Waals surface area contributed by atoms with Gasteiger partial charge in [0.25, 0.3) is 0 Å². The molecule has 0 bridgehead atoms. The van der Waals surface area contributed by atoms with Crippen LogP contribution in [0.1, 0.15) is 66.4 Å². The minimum atomic E-state index is -1.99. The van der Waals surface area contributed by atoms with Gasteiger partial charge >= 0.3 is 0 Å². The Labute approximate surface area is 238 Å². The van der Waals surface area contributed by atoms with E-state index >= 15 is 0 Å². The van der Waals surface area contributed by atoms with Gasteiger partial charge in [0.15, 0.2) is 0 Å². The maximum Gasteiger partial charge on any atom is 0.0761 e. The van der Waals surface area contributed by atoms with Crippen LogP contribution in [-0.2, 0) is 21.7 Å². The summed E-state index contributed by atoms with van der Waals surface area (Å²) in [5, 5.41) is 0. The molecule has 0 radical (unpaired) electrons.